The van der Waals surface area contributed by atoms with E-state index in [9.17, 15) is 14.7 Å². The van der Waals surface area contributed by atoms with Gasteiger partial charge in [0.1, 0.15) is 30.4 Å². The van der Waals surface area contributed by atoms with Crippen molar-refractivity contribution in [1.29, 1.82) is 0 Å². The van der Waals surface area contributed by atoms with Crippen molar-refractivity contribution in [1.82, 2.24) is 19.5 Å². The zero-order chi connectivity index (χ0) is 19.6. The maximum atomic E-state index is 11.5. The first kappa shape index (κ1) is 19.5. The van der Waals surface area contributed by atoms with Crippen molar-refractivity contribution in [2.24, 2.45) is 11.7 Å². The third-order valence-corrected chi connectivity index (χ3v) is 5.50. The molecule has 146 valence electrons. The number of anilines is 1. The van der Waals surface area contributed by atoms with Crippen LogP contribution in [0.3, 0.4) is 0 Å². The largest absolute Gasteiger partial charge is 0.480 e. The first-order chi connectivity index (χ1) is 12.9. The molecule has 12 heteroatoms. The average Bonchev–Trinajstić information content (AvgIpc) is 3.20. The molecule has 1 aliphatic rings. The van der Waals surface area contributed by atoms with Gasteiger partial charge in [-0.2, -0.15) is 11.8 Å². The molecule has 2 aromatic rings. The van der Waals surface area contributed by atoms with Crippen molar-refractivity contribution in [2.45, 2.75) is 30.9 Å². The molecular formula is C15H20N6O5S. The van der Waals surface area contributed by atoms with Crippen molar-refractivity contribution in [3.8, 4) is 0 Å². The van der Waals surface area contributed by atoms with Crippen molar-refractivity contribution in [3.63, 3.8) is 0 Å². The van der Waals surface area contributed by atoms with Crippen molar-refractivity contribution < 1.29 is 24.5 Å². The Bertz CT molecular complexity index is 832. The fourth-order valence-corrected chi connectivity index (χ4v) is 3.99. The molecule has 2 aromatic heterocycles. The van der Waals surface area contributed by atoms with E-state index in [2.05, 4.69) is 15.0 Å². The first-order valence-electron chi connectivity index (χ1n) is 8.22. The summed E-state index contributed by atoms with van der Waals surface area (Å²) in [7, 11) is 0. The third-order valence-electron chi connectivity index (χ3n) is 4.41. The monoisotopic (exact) mass is 396 g/mol. The van der Waals surface area contributed by atoms with E-state index in [-0.39, 0.29) is 5.82 Å². The molecule has 0 bridgehead atoms. The molecule has 1 fully saturated rings. The Morgan fingerprint density at radius 2 is 2.22 bits per heavy atom. The maximum absolute atomic E-state index is 11.5. The SMILES string of the molecule is Nc1ncnc2c1ncn2[C@@H]1O[C@H](CSCC[C@H](N)C(=O)O)[C@@H](O)[C@H]1C=O. The summed E-state index contributed by atoms with van der Waals surface area (Å²) >= 11 is 1.40. The van der Waals surface area contributed by atoms with Crippen molar-refractivity contribution >= 4 is 41.0 Å². The van der Waals surface area contributed by atoms with Gasteiger partial charge in [-0.3, -0.25) is 9.36 Å². The summed E-state index contributed by atoms with van der Waals surface area (Å²) in [4.78, 5) is 34.4. The van der Waals surface area contributed by atoms with E-state index in [1.165, 1.54) is 24.4 Å². The van der Waals surface area contributed by atoms with Crippen LogP contribution in [0.5, 0.6) is 0 Å². The number of carbonyl (C=O) groups is 2. The van der Waals surface area contributed by atoms with E-state index >= 15 is 0 Å². The van der Waals surface area contributed by atoms with Crippen LogP contribution in [0, 0.1) is 5.92 Å². The summed E-state index contributed by atoms with van der Waals surface area (Å²) in [5, 5.41) is 19.2. The standard InChI is InChI=1S/C15H20N6O5S/c16-8(15(24)25)1-2-27-4-9-11(23)7(3-22)14(26-9)21-6-20-10-12(17)18-5-19-13(10)21/h3,5-9,11,14,23H,1-2,4,16H2,(H,24,25)(H2,17,18,19)/t7-,8+,9-,11+,14-/m1/s1. The number of aliphatic hydroxyl groups is 1. The molecule has 0 amide bonds. The summed E-state index contributed by atoms with van der Waals surface area (Å²) in [6, 6.07) is -0.926. The van der Waals surface area contributed by atoms with Crippen molar-refractivity contribution in [2.75, 3.05) is 17.2 Å². The van der Waals surface area contributed by atoms with Crippen LogP contribution in [-0.4, -0.2) is 71.7 Å². The van der Waals surface area contributed by atoms with Gasteiger partial charge in [-0.25, -0.2) is 15.0 Å². The second-order valence-electron chi connectivity index (χ2n) is 6.16. The van der Waals surface area contributed by atoms with E-state index in [1.54, 1.807) is 4.57 Å². The normalized spacial score (nSPS) is 26.3. The summed E-state index contributed by atoms with van der Waals surface area (Å²) in [6.07, 6.45) is 1.30. The second kappa shape index (κ2) is 8.17. The number of carbonyl (C=O) groups excluding carboxylic acids is 1. The molecule has 1 saturated heterocycles. The van der Waals surface area contributed by atoms with E-state index in [0.29, 0.717) is 35.4 Å². The number of hydrogen-bond donors (Lipinski definition) is 4. The van der Waals surface area contributed by atoms with Gasteiger partial charge in [-0.05, 0) is 12.2 Å². The number of aliphatic carboxylic acids is 1. The van der Waals surface area contributed by atoms with Gasteiger partial charge in [0.25, 0.3) is 0 Å². The maximum Gasteiger partial charge on any atom is 0.320 e. The lowest BCUT2D eigenvalue weighted by atomic mass is 10.0. The zero-order valence-corrected chi connectivity index (χ0v) is 15.0. The Morgan fingerprint density at radius 3 is 2.93 bits per heavy atom. The number of aldehydes is 1. The lowest BCUT2D eigenvalue weighted by Gasteiger charge is -2.16. The van der Waals surface area contributed by atoms with Crippen LogP contribution >= 0.6 is 11.8 Å². The number of nitrogen functional groups attached to an aromatic ring is 1. The predicted molar refractivity (Wildman–Crippen MR) is 96.8 cm³/mol. The molecule has 0 aromatic carbocycles. The summed E-state index contributed by atoms with van der Waals surface area (Å²) in [5.41, 5.74) is 12.0. The summed E-state index contributed by atoms with van der Waals surface area (Å²) < 4.78 is 7.45. The molecule has 3 heterocycles. The van der Waals surface area contributed by atoms with E-state index < -0.39 is 36.4 Å². The van der Waals surface area contributed by atoms with Crippen LogP contribution in [0.2, 0.25) is 0 Å². The van der Waals surface area contributed by atoms with Gasteiger partial charge in [0.15, 0.2) is 11.5 Å². The topological polar surface area (TPSA) is 179 Å². The molecule has 6 N–H and O–H groups in total. The number of imidazole rings is 1. The third kappa shape index (κ3) is 3.88. The highest BCUT2D eigenvalue weighted by atomic mass is 32.2. The number of nitrogens with zero attached hydrogens (tertiary/aromatic N) is 4. The van der Waals surface area contributed by atoms with E-state index in [0.717, 1.165) is 0 Å². The van der Waals surface area contributed by atoms with Crippen LogP contribution in [0.4, 0.5) is 5.82 Å². The molecule has 1 aliphatic heterocycles. The number of rotatable bonds is 8. The fourth-order valence-electron chi connectivity index (χ4n) is 2.89. The molecular weight excluding hydrogens is 376 g/mol. The molecule has 27 heavy (non-hydrogen) atoms. The molecule has 0 radical (unpaired) electrons. The first-order valence-corrected chi connectivity index (χ1v) is 9.37. The highest BCUT2D eigenvalue weighted by molar-refractivity contribution is 7.99. The Hall–Kier alpha value is -2.28. The number of ether oxygens (including phenoxy) is 1. The Labute approximate surface area is 158 Å². The van der Waals surface area contributed by atoms with Crippen LogP contribution < -0.4 is 11.5 Å². The second-order valence-corrected chi connectivity index (χ2v) is 7.31. The molecule has 11 nitrogen and oxygen atoms in total. The average molecular weight is 396 g/mol. The van der Waals surface area contributed by atoms with Crippen LogP contribution in [0.15, 0.2) is 12.7 Å². The summed E-state index contributed by atoms with van der Waals surface area (Å²) in [6.45, 7) is 0. The zero-order valence-electron chi connectivity index (χ0n) is 14.2. The van der Waals surface area contributed by atoms with Gasteiger partial charge in [0.05, 0.1) is 24.5 Å². The van der Waals surface area contributed by atoms with Crippen LogP contribution in [0.1, 0.15) is 12.6 Å². The van der Waals surface area contributed by atoms with Gasteiger partial charge < -0.3 is 31.2 Å². The molecule has 0 saturated carbocycles. The van der Waals surface area contributed by atoms with Crippen LogP contribution in [-0.2, 0) is 14.3 Å². The number of carboxylic acids is 1. The van der Waals surface area contributed by atoms with E-state index in [1.807, 2.05) is 0 Å². The summed E-state index contributed by atoms with van der Waals surface area (Å²) in [5.74, 6) is -0.763. The minimum atomic E-state index is -1.05. The molecule has 0 aliphatic carbocycles. The Balaban J connectivity index is 1.69. The number of thioether (sulfide) groups is 1. The number of fused-ring (bicyclic) bond motifs is 1. The Kier molecular flexibility index (Phi) is 5.89. The molecule has 3 rings (SSSR count). The smallest absolute Gasteiger partial charge is 0.320 e. The van der Waals surface area contributed by atoms with Gasteiger partial charge in [0, 0.05) is 5.75 Å². The number of hydrogen-bond acceptors (Lipinski definition) is 10. The highest BCUT2D eigenvalue weighted by Crippen LogP contribution is 2.36. The molecule has 0 unspecified atom stereocenters. The minimum Gasteiger partial charge on any atom is -0.480 e. The van der Waals surface area contributed by atoms with Gasteiger partial charge >= 0.3 is 5.97 Å². The lowest BCUT2D eigenvalue weighted by Crippen LogP contribution is -2.31. The number of nitrogens with two attached hydrogens (primary N) is 2. The number of aromatic nitrogens is 4. The molecule has 5 atom stereocenters. The predicted octanol–water partition coefficient (Wildman–Crippen LogP) is -0.983. The van der Waals surface area contributed by atoms with Gasteiger partial charge in [-0.1, -0.05) is 0 Å². The van der Waals surface area contributed by atoms with E-state index in [4.69, 9.17) is 21.3 Å². The molecule has 0 spiro atoms. The van der Waals surface area contributed by atoms with Crippen molar-refractivity contribution in [3.05, 3.63) is 12.7 Å². The van der Waals surface area contributed by atoms with Gasteiger partial charge in [0.2, 0.25) is 0 Å². The minimum absolute atomic E-state index is 0.210. The number of aliphatic hydroxyl groups excluding tert-OH is 1. The Morgan fingerprint density at radius 1 is 1.44 bits per heavy atom. The highest BCUT2D eigenvalue weighted by Gasteiger charge is 2.45. The van der Waals surface area contributed by atoms with Crippen LogP contribution in [0.25, 0.3) is 11.2 Å². The fraction of sp³-hybridized carbons (Fsp3) is 0.533. The quantitative estimate of drug-likeness (QED) is 0.318. The lowest BCUT2D eigenvalue weighted by molar-refractivity contribution is -0.138. The number of carboxylic acid groups (broad SMARTS) is 1. The van der Waals surface area contributed by atoms with Gasteiger partial charge in [-0.15, -0.1) is 0 Å².